The second-order valence-electron chi connectivity index (χ2n) is 2.83. The van der Waals surface area contributed by atoms with Crippen LogP contribution in [0.1, 0.15) is 16.8 Å². The van der Waals surface area contributed by atoms with Crippen LogP contribution in [0.5, 0.6) is 0 Å². The molecule has 0 aliphatic carbocycles. The predicted octanol–water partition coefficient (Wildman–Crippen LogP) is 0.156. The summed E-state index contributed by atoms with van der Waals surface area (Å²) >= 11 is 0. The molecule has 0 atom stereocenters. The number of nitrogens with zero attached hydrogens (tertiary/aromatic N) is 1. The Bertz CT molecular complexity index is 333. The van der Waals surface area contributed by atoms with Crippen LogP contribution in [0, 0.1) is 53.8 Å². The van der Waals surface area contributed by atoms with Gasteiger partial charge in [-0.05, 0) is 31.4 Å². The molecule has 0 saturated heterocycles. The summed E-state index contributed by atoms with van der Waals surface area (Å²) in [7, 11) is 0. The minimum atomic E-state index is -0.182. The van der Waals surface area contributed by atoms with Crippen LogP contribution >= 0.6 is 0 Å². The van der Waals surface area contributed by atoms with Gasteiger partial charge in [0.05, 0.1) is 5.56 Å². The Kier molecular flexibility index (Phi) is 5.96. The van der Waals surface area contributed by atoms with Crippen LogP contribution in [0.25, 0.3) is 0 Å². The molecule has 0 fully saturated rings. The van der Waals surface area contributed by atoms with Crippen LogP contribution in [0.4, 0.5) is 0 Å². The molecule has 0 radical (unpaired) electrons. The zero-order valence-electron chi connectivity index (χ0n) is 7.79. The smallest absolute Gasteiger partial charge is 0.0810 e. The first-order valence-electron chi connectivity index (χ1n) is 3.90. The molecule has 1 heterocycles. The van der Waals surface area contributed by atoms with E-state index in [-0.39, 0.29) is 52.1 Å². The van der Waals surface area contributed by atoms with Gasteiger partial charge < -0.3 is 14.9 Å². The number of aryl methyl sites for hydroxylation is 1. The Labute approximate surface area is 109 Å². The first kappa shape index (κ1) is 13.2. The van der Waals surface area contributed by atoms with Crippen molar-refractivity contribution in [1.29, 1.82) is 0 Å². The van der Waals surface area contributed by atoms with Crippen molar-refractivity contribution >= 4 is 0 Å². The van der Waals surface area contributed by atoms with Gasteiger partial charge in [-0.1, -0.05) is 6.07 Å². The maximum absolute atomic E-state index is 11.1. The van der Waals surface area contributed by atoms with Crippen LogP contribution in [0.15, 0.2) is 10.9 Å². The maximum Gasteiger partial charge on any atom is 0.0810 e. The summed E-state index contributed by atoms with van der Waals surface area (Å²) < 4.78 is 0. The Hall–Kier alpha value is 0.235. The Morgan fingerprint density at radius 2 is 2.08 bits per heavy atom. The second-order valence-corrected chi connectivity index (χ2v) is 2.83. The normalized spacial score (nSPS) is 9.46. The molecule has 0 unspecified atom stereocenters. The summed E-state index contributed by atoms with van der Waals surface area (Å²) in [4.78, 5) is 15.0. The zero-order valence-corrected chi connectivity index (χ0v) is 11.9. The summed E-state index contributed by atoms with van der Waals surface area (Å²) in [5, 5.41) is 8.63. The fraction of sp³-hybridized carbons (Fsp3) is 0.444. The van der Waals surface area contributed by atoms with Crippen molar-refractivity contribution in [2.45, 2.75) is 20.3 Å². The van der Waals surface area contributed by atoms with E-state index >= 15 is 0 Å². The van der Waals surface area contributed by atoms with Crippen molar-refractivity contribution in [2.75, 3.05) is 6.61 Å². The van der Waals surface area contributed by atoms with Gasteiger partial charge >= 0.3 is 0 Å². The van der Waals surface area contributed by atoms with Crippen LogP contribution in [0.3, 0.4) is 0 Å². The molecule has 0 saturated carbocycles. The molecule has 1 N–H and O–H groups in total. The van der Waals surface area contributed by atoms with Crippen molar-refractivity contribution in [2.24, 2.45) is 0 Å². The first-order valence-corrected chi connectivity index (χ1v) is 3.90. The summed E-state index contributed by atoms with van der Waals surface area (Å²) in [6.07, 6.45) is 0.455. The monoisotopic (exact) mass is 398 g/mol. The van der Waals surface area contributed by atoms with E-state index in [0.29, 0.717) is 17.7 Å². The van der Waals surface area contributed by atoms with Gasteiger partial charge in [-0.15, -0.1) is 0 Å². The van der Waals surface area contributed by atoms with Crippen molar-refractivity contribution < 1.29 is 45.0 Å². The average Bonchev–Trinajstić information content (AvgIpc) is 2.01. The van der Waals surface area contributed by atoms with E-state index in [2.05, 4.69) is 4.98 Å². The molecule has 1 aromatic heterocycles. The summed E-state index contributed by atoms with van der Waals surface area (Å²) in [6, 6.07) is 1.84. The first-order chi connectivity index (χ1) is 5.65. The van der Waals surface area contributed by atoms with Gasteiger partial charge in [0, 0.05) is 46.5 Å². The van der Waals surface area contributed by atoms with Crippen LogP contribution < -0.4 is 10.5 Å². The van der Waals surface area contributed by atoms with E-state index in [9.17, 15) is 4.79 Å². The number of hydrogen-bond donors (Lipinski definition) is 1. The third kappa shape index (κ3) is 3.46. The van der Waals surface area contributed by atoms with E-state index in [4.69, 9.17) is 5.11 Å². The van der Waals surface area contributed by atoms with Gasteiger partial charge in [0.1, 0.15) is 0 Å². The minimum absolute atomic E-state index is 0. The molecule has 3 nitrogen and oxygen atoms in total. The largest absolute Gasteiger partial charge is 0.626 e. The van der Waals surface area contributed by atoms with Gasteiger partial charge in [0.2, 0.25) is 0 Å². The van der Waals surface area contributed by atoms with Gasteiger partial charge in [-0.3, -0.25) is 0 Å². The number of pyridine rings is 1. The summed E-state index contributed by atoms with van der Waals surface area (Å²) in [6.45, 7) is 3.67. The molecule has 4 heteroatoms. The maximum atomic E-state index is 11.1. The fourth-order valence-corrected chi connectivity index (χ4v) is 1.02. The van der Waals surface area contributed by atoms with Crippen molar-refractivity contribution in [1.82, 2.24) is 4.98 Å². The molecule has 0 spiro atoms. The second kappa shape index (κ2) is 5.86. The number of hydrogen-bond acceptors (Lipinski definition) is 2. The molecular formula is C9H12NO2Th-. The molecule has 1 rings (SSSR count). The summed E-state index contributed by atoms with van der Waals surface area (Å²) in [5.41, 5.74) is 2.12. The molecule has 0 aliphatic heterocycles. The zero-order chi connectivity index (χ0) is 9.14. The number of rotatable bonds is 2. The Morgan fingerprint density at radius 3 is 2.54 bits per heavy atom. The van der Waals surface area contributed by atoms with E-state index in [0.717, 1.165) is 5.56 Å². The van der Waals surface area contributed by atoms with Crippen molar-refractivity contribution in [3.63, 3.8) is 0 Å². The van der Waals surface area contributed by atoms with Crippen molar-refractivity contribution in [3.05, 3.63) is 33.2 Å². The number of aromatic nitrogens is 1. The third-order valence-electron chi connectivity index (χ3n) is 1.91. The number of aliphatic hydroxyl groups excluding tert-OH is 1. The Balaban J connectivity index is 0.00000144. The van der Waals surface area contributed by atoms with Gasteiger partial charge in [0.15, 0.2) is 0 Å². The fourth-order valence-electron chi connectivity index (χ4n) is 1.02. The quantitative estimate of drug-likeness (QED) is 0.772. The van der Waals surface area contributed by atoms with Crippen LogP contribution in [-0.4, -0.2) is 11.7 Å². The van der Waals surface area contributed by atoms with Gasteiger partial charge in [-0.2, -0.15) is 5.69 Å². The van der Waals surface area contributed by atoms with Gasteiger partial charge in [0.25, 0.3) is 0 Å². The van der Waals surface area contributed by atoms with Crippen LogP contribution in [0.2, 0.25) is 0 Å². The average molecular weight is 398 g/mol. The molecule has 1 aromatic rings. The molecule has 0 aromatic carbocycles. The predicted molar refractivity (Wildman–Crippen MR) is 46.3 cm³/mol. The van der Waals surface area contributed by atoms with Crippen molar-refractivity contribution in [3.8, 4) is 0 Å². The Morgan fingerprint density at radius 1 is 1.46 bits per heavy atom. The molecule has 0 aliphatic rings. The van der Waals surface area contributed by atoms with E-state index in [1.54, 1.807) is 6.92 Å². The molecular weight excluding hydrogens is 386 g/mol. The topological polar surface area (TPSA) is 51.4 Å². The number of aliphatic hydroxyl groups is 1. The van der Waals surface area contributed by atoms with Crippen LogP contribution in [-0.2, 0) is 6.42 Å². The van der Waals surface area contributed by atoms with E-state index in [1.165, 1.54) is 0 Å². The van der Waals surface area contributed by atoms with Gasteiger partial charge in [-0.25, -0.2) is 0 Å². The molecule has 0 bridgehead atoms. The molecule has 0 amide bonds. The molecule has 70 valence electrons. The molecule has 13 heavy (non-hydrogen) atoms. The van der Waals surface area contributed by atoms with E-state index in [1.807, 2.05) is 13.0 Å². The summed E-state index contributed by atoms with van der Waals surface area (Å²) in [5.74, 6) is 0. The third-order valence-corrected chi connectivity index (χ3v) is 1.91. The minimum Gasteiger partial charge on any atom is -0.626 e. The van der Waals surface area contributed by atoms with E-state index < -0.39 is 0 Å². The standard InChI is InChI=1S/C9H13NO2.Th/c1-6-5-8(3-4-11)10-9(12)7(6)2;/h5,11H,3-4H2,1-2H3,(H,10,12);/p-1. The SMILES string of the molecule is Cc1cc(CCO)[n-]c(=O)c1C.[Th].